The third-order valence-electron chi connectivity index (χ3n) is 3.85. The molecule has 0 aromatic heterocycles. The number of piperidine rings is 1. The van der Waals surface area contributed by atoms with Crippen LogP contribution in [0.2, 0.25) is 0 Å². The molecular formula is C18H20FN3O3. The molecular weight excluding hydrogens is 325 g/mol. The van der Waals surface area contributed by atoms with Gasteiger partial charge in [-0.25, -0.2) is 4.39 Å². The summed E-state index contributed by atoms with van der Waals surface area (Å²) in [5.74, 6) is -1.50. The lowest BCUT2D eigenvalue weighted by molar-refractivity contribution is -0.149. The molecule has 1 N–H and O–H groups in total. The van der Waals surface area contributed by atoms with Crippen molar-refractivity contribution in [1.29, 1.82) is 5.26 Å². The number of carbonyl (C=O) groups excluding carboxylic acids is 2. The number of hydrogen-bond acceptors (Lipinski definition) is 5. The van der Waals surface area contributed by atoms with Crippen LogP contribution in [-0.2, 0) is 14.3 Å². The molecule has 0 saturated carbocycles. The summed E-state index contributed by atoms with van der Waals surface area (Å²) in [7, 11) is 0. The molecule has 0 bridgehead atoms. The highest BCUT2D eigenvalue weighted by Gasteiger charge is 2.26. The van der Waals surface area contributed by atoms with E-state index in [-0.39, 0.29) is 17.5 Å². The van der Waals surface area contributed by atoms with E-state index in [4.69, 9.17) is 4.74 Å². The zero-order valence-electron chi connectivity index (χ0n) is 14.0. The molecule has 1 aliphatic heterocycles. The number of anilines is 1. The summed E-state index contributed by atoms with van der Waals surface area (Å²) in [6.07, 6.45) is 2.97. The number of likely N-dealkylation sites (tertiary alicyclic amines) is 1. The van der Waals surface area contributed by atoms with Gasteiger partial charge in [0.25, 0.3) is 5.91 Å². The first-order chi connectivity index (χ1) is 12.0. The number of esters is 1. The van der Waals surface area contributed by atoms with Crippen LogP contribution in [0.15, 0.2) is 36.0 Å². The molecule has 2 rings (SSSR count). The van der Waals surface area contributed by atoms with Gasteiger partial charge in [-0.2, -0.15) is 5.26 Å². The highest BCUT2D eigenvalue weighted by molar-refractivity contribution is 6.06. The van der Waals surface area contributed by atoms with Crippen molar-refractivity contribution < 1.29 is 18.7 Å². The third-order valence-corrected chi connectivity index (χ3v) is 3.85. The van der Waals surface area contributed by atoms with Crippen LogP contribution >= 0.6 is 0 Å². The van der Waals surface area contributed by atoms with Gasteiger partial charge in [0.1, 0.15) is 17.5 Å². The first-order valence-corrected chi connectivity index (χ1v) is 8.13. The Kier molecular flexibility index (Phi) is 6.52. The molecule has 1 amide bonds. The maximum absolute atomic E-state index is 12.9. The number of rotatable bonds is 5. The average Bonchev–Trinajstić information content (AvgIpc) is 2.62. The van der Waals surface area contributed by atoms with E-state index >= 15 is 0 Å². The van der Waals surface area contributed by atoms with E-state index in [0.29, 0.717) is 25.4 Å². The molecule has 1 aromatic carbocycles. The molecule has 1 atom stereocenters. The van der Waals surface area contributed by atoms with E-state index < -0.39 is 11.7 Å². The minimum absolute atomic E-state index is 0.0752. The van der Waals surface area contributed by atoms with Crippen LogP contribution < -0.4 is 5.32 Å². The average molecular weight is 345 g/mol. The number of nitrogens with zero attached hydrogens (tertiary/aromatic N) is 2. The van der Waals surface area contributed by atoms with Gasteiger partial charge in [0.05, 0.1) is 12.5 Å². The third kappa shape index (κ3) is 5.31. The van der Waals surface area contributed by atoms with E-state index in [1.54, 1.807) is 11.8 Å². The zero-order valence-corrected chi connectivity index (χ0v) is 14.0. The van der Waals surface area contributed by atoms with Crippen LogP contribution in [0.5, 0.6) is 0 Å². The quantitative estimate of drug-likeness (QED) is 0.503. The van der Waals surface area contributed by atoms with E-state index in [1.165, 1.54) is 30.5 Å². The predicted octanol–water partition coefficient (Wildman–Crippen LogP) is 2.45. The molecule has 1 fully saturated rings. The first-order valence-electron chi connectivity index (χ1n) is 8.13. The van der Waals surface area contributed by atoms with Crippen molar-refractivity contribution >= 4 is 17.6 Å². The molecule has 7 heteroatoms. The summed E-state index contributed by atoms with van der Waals surface area (Å²) in [5, 5.41) is 11.8. The summed E-state index contributed by atoms with van der Waals surface area (Å²) < 4.78 is 17.9. The van der Waals surface area contributed by atoms with Crippen LogP contribution in [0.3, 0.4) is 0 Å². The monoisotopic (exact) mass is 345 g/mol. The summed E-state index contributed by atoms with van der Waals surface area (Å²) in [6.45, 7) is 3.15. The lowest BCUT2D eigenvalue weighted by atomic mass is 9.98. The highest BCUT2D eigenvalue weighted by atomic mass is 19.1. The van der Waals surface area contributed by atoms with Gasteiger partial charge in [-0.05, 0) is 44.0 Å². The Bertz CT molecular complexity index is 695. The smallest absolute Gasteiger partial charge is 0.310 e. The molecule has 25 heavy (non-hydrogen) atoms. The topological polar surface area (TPSA) is 82.4 Å². The molecule has 132 valence electrons. The van der Waals surface area contributed by atoms with Crippen LogP contribution in [0.25, 0.3) is 0 Å². The fourth-order valence-corrected chi connectivity index (χ4v) is 2.63. The maximum Gasteiger partial charge on any atom is 0.310 e. The molecule has 1 saturated heterocycles. The molecule has 0 aliphatic carbocycles. The Morgan fingerprint density at radius 2 is 2.16 bits per heavy atom. The minimum atomic E-state index is -0.577. The number of hydrogen-bond donors (Lipinski definition) is 1. The number of nitrogens with one attached hydrogen (secondary N) is 1. The molecule has 6 nitrogen and oxygen atoms in total. The number of carbonyl (C=O) groups is 2. The Labute approximate surface area is 145 Å². The maximum atomic E-state index is 12.9. The predicted molar refractivity (Wildman–Crippen MR) is 89.7 cm³/mol. The van der Waals surface area contributed by atoms with Gasteiger partial charge in [-0.1, -0.05) is 0 Å². The second-order valence-corrected chi connectivity index (χ2v) is 5.70. The van der Waals surface area contributed by atoms with Crippen molar-refractivity contribution in [2.24, 2.45) is 5.92 Å². The zero-order chi connectivity index (χ0) is 18.2. The van der Waals surface area contributed by atoms with E-state index in [0.717, 1.165) is 12.8 Å². The van der Waals surface area contributed by atoms with Crippen molar-refractivity contribution in [3.63, 3.8) is 0 Å². The second kappa shape index (κ2) is 8.83. The Morgan fingerprint density at radius 1 is 1.44 bits per heavy atom. The van der Waals surface area contributed by atoms with E-state index in [2.05, 4.69) is 5.32 Å². The van der Waals surface area contributed by atoms with Crippen molar-refractivity contribution in [2.75, 3.05) is 25.0 Å². The van der Waals surface area contributed by atoms with E-state index in [1.807, 2.05) is 6.07 Å². The summed E-state index contributed by atoms with van der Waals surface area (Å²) in [4.78, 5) is 25.8. The van der Waals surface area contributed by atoms with Crippen LogP contribution in [0, 0.1) is 23.1 Å². The van der Waals surface area contributed by atoms with Crippen molar-refractivity contribution in [3.8, 4) is 6.07 Å². The highest BCUT2D eigenvalue weighted by Crippen LogP contribution is 2.19. The van der Waals surface area contributed by atoms with Crippen molar-refractivity contribution in [1.82, 2.24) is 4.90 Å². The number of ether oxygens (including phenoxy) is 1. The van der Waals surface area contributed by atoms with Crippen LogP contribution in [0.1, 0.15) is 19.8 Å². The second-order valence-electron chi connectivity index (χ2n) is 5.70. The Morgan fingerprint density at radius 3 is 2.80 bits per heavy atom. The first kappa shape index (κ1) is 18.5. The normalized spacial score (nSPS) is 17.6. The summed E-state index contributed by atoms with van der Waals surface area (Å²) >= 11 is 0. The van der Waals surface area contributed by atoms with Crippen molar-refractivity contribution in [2.45, 2.75) is 19.8 Å². The van der Waals surface area contributed by atoms with Gasteiger partial charge in [0.2, 0.25) is 0 Å². The number of nitriles is 1. The Balaban J connectivity index is 2.03. The van der Waals surface area contributed by atoms with Gasteiger partial charge in [-0.15, -0.1) is 0 Å². The lowest BCUT2D eigenvalue weighted by Crippen LogP contribution is -2.37. The summed E-state index contributed by atoms with van der Waals surface area (Å²) in [5.41, 5.74) is 0.324. The Hall–Kier alpha value is -2.88. The fourth-order valence-electron chi connectivity index (χ4n) is 2.63. The van der Waals surface area contributed by atoms with Crippen LogP contribution in [0.4, 0.5) is 10.1 Å². The van der Waals surface area contributed by atoms with E-state index in [9.17, 15) is 19.2 Å². The van der Waals surface area contributed by atoms with Gasteiger partial charge in [0.15, 0.2) is 0 Å². The number of halogens is 1. The molecule has 0 radical (unpaired) electrons. The summed E-state index contributed by atoms with van der Waals surface area (Å²) in [6, 6.07) is 7.14. The number of benzene rings is 1. The molecule has 1 heterocycles. The van der Waals surface area contributed by atoms with Gasteiger partial charge in [0, 0.05) is 25.0 Å². The van der Waals surface area contributed by atoms with Gasteiger partial charge in [-0.3, -0.25) is 9.59 Å². The van der Waals surface area contributed by atoms with Gasteiger partial charge < -0.3 is 15.0 Å². The molecule has 1 aromatic rings. The molecule has 1 aliphatic rings. The number of amides is 1. The minimum Gasteiger partial charge on any atom is -0.466 e. The fraction of sp³-hybridized carbons (Fsp3) is 0.389. The SMILES string of the molecule is CCOC(=O)C1CCCN(/C=C(/C#N)C(=O)Nc2ccc(F)cc2)C1. The lowest BCUT2D eigenvalue weighted by Gasteiger charge is -2.30. The van der Waals surface area contributed by atoms with Gasteiger partial charge >= 0.3 is 5.97 Å². The molecule has 1 unspecified atom stereocenters. The van der Waals surface area contributed by atoms with Crippen LogP contribution in [-0.4, -0.2) is 36.5 Å². The standard InChI is InChI=1S/C18H20FN3O3/c1-2-25-18(24)13-4-3-9-22(11-13)12-14(10-20)17(23)21-16-7-5-15(19)6-8-16/h5-8,12-13H,2-4,9,11H2,1H3,(H,21,23)/b14-12-. The largest absolute Gasteiger partial charge is 0.466 e. The molecule has 0 spiro atoms. The van der Waals surface area contributed by atoms with Crippen molar-refractivity contribution in [3.05, 3.63) is 41.9 Å².